The van der Waals surface area contributed by atoms with Crippen LogP contribution in [0.2, 0.25) is 0 Å². The fourth-order valence-electron chi connectivity index (χ4n) is 1.62. The van der Waals surface area contributed by atoms with Crippen molar-refractivity contribution >= 4 is 11.8 Å². The molecule has 0 spiro atoms. The van der Waals surface area contributed by atoms with Crippen LogP contribution >= 0.6 is 11.8 Å². The molecule has 1 radical (unpaired) electrons. The smallest absolute Gasteiger partial charge is 0.0173 e. The fraction of sp³-hybridized carbons (Fsp3) is 0.857. The quantitative estimate of drug-likeness (QED) is 0.546. The third-order valence-corrected chi connectivity index (χ3v) is 3.56. The minimum absolute atomic E-state index is 0.962. The van der Waals surface area contributed by atoms with Crippen molar-refractivity contribution in [2.24, 2.45) is 5.92 Å². The van der Waals surface area contributed by atoms with Gasteiger partial charge in [0.25, 0.3) is 0 Å². The van der Waals surface area contributed by atoms with E-state index in [1.807, 2.05) is 0 Å². The third-order valence-electron chi connectivity index (χ3n) is 2.21. The van der Waals surface area contributed by atoms with Gasteiger partial charge >= 0.3 is 0 Å². The number of hydrogen-bond donors (Lipinski definition) is 1. The van der Waals surface area contributed by atoms with Gasteiger partial charge in [0, 0.05) is 11.0 Å². The molecule has 2 atom stereocenters. The van der Waals surface area contributed by atoms with Crippen molar-refractivity contribution in [3.8, 4) is 0 Å². The molecular formula is C7H12NS. The number of hydrogen-bond acceptors (Lipinski definition) is 2. The Morgan fingerprint density at radius 1 is 1.56 bits per heavy atom. The number of rotatable bonds is 0. The number of nitrogens with one attached hydrogen (secondary N) is 1. The third kappa shape index (κ3) is 1.10. The summed E-state index contributed by atoms with van der Waals surface area (Å²) in [6.45, 7) is 2.50. The number of piperidine rings is 1. The van der Waals surface area contributed by atoms with Crippen LogP contribution in [0.5, 0.6) is 0 Å². The van der Waals surface area contributed by atoms with Crippen LogP contribution in [-0.2, 0) is 0 Å². The zero-order valence-electron chi connectivity index (χ0n) is 5.47. The van der Waals surface area contributed by atoms with E-state index in [9.17, 15) is 0 Å². The molecule has 0 aromatic carbocycles. The maximum atomic E-state index is 3.42. The first-order valence-corrected chi connectivity index (χ1v) is 4.59. The molecule has 2 heteroatoms. The molecule has 0 amide bonds. The van der Waals surface area contributed by atoms with Crippen LogP contribution in [0.15, 0.2) is 0 Å². The Morgan fingerprint density at radius 2 is 2.56 bits per heavy atom. The minimum atomic E-state index is 0.962. The van der Waals surface area contributed by atoms with Crippen LogP contribution in [0.3, 0.4) is 0 Å². The lowest BCUT2D eigenvalue weighted by molar-refractivity contribution is 0.402. The largest absolute Gasteiger partial charge is 0.316 e. The predicted molar refractivity (Wildman–Crippen MR) is 41.3 cm³/mol. The van der Waals surface area contributed by atoms with Crippen LogP contribution in [-0.4, -0.2) is 18.3 Å². The first kappa shape index (κ1) is 6.05. The molecule has 0 saturated carbocycles. The second-order valence-electron chi connectivity index (χ2n) is 2.83. The topological polar surface area (TPSA) is 12.0 Å². The van der Waals surface area contributed by atoms with Gasteiger partial charge in [-0.3, -0.25) is 0 Å². The summed E-state index contributed by atoms with van der Waals surface area (Å²) in [6, 6.07) is 0. The van der Waals surface area contributed by atoms with Crippen molar-refractivity contribution in [1.29, 1.82) is 0 Å². The first-order chi connectivity index (χ1) is 4.47. The molecule has 2 fully saturated rings. The van der Waals surface area contributed by atoms with Gasteiger partial charge in [0.05, 0.1) is 0 Å². The Bertz CT molecular complexity index is 93.1. The van der Waals surface area contributed by atoms with E-state index >= 15 is 0 Å². The van der Waals surface area contributed by atoms with Gasteiger partial charge in [-0.15, -0.1) is 0 Å². The highest BCUT2D eigenvalue weighted by Gasteiger charge is 2.29. The summed E-state index contributed by atoms with van der Waals surface area (Å²) in [7, 11) is 0. The molecule has 2 saturated heterocycles. The zero-order valence-corrected chi connectivity index (χ0v) is 6.29. The van der Waals surface area contributed by atoms with Crippen LogP contribution in [0.25, 0.3) is 0 Å². The van der Waals surface area contributed by atoms with Gasteiger partial charge < -0.3 is 5.32 Å². The monoisotopic (exact) mass is 142 g/mol. The Labute approximate surface area is 60.6 Å². The lowest BCUT2D eigenvalue weighted by atomic mass is 9.97. The summed E-state index contributed by atoms with van der Waals surface area (Å²) in [5.41, 5.74) is 0. The van der Waals surface area contributed by atoms with E-state index < -0.39 is 0 Å². The van der Waals surface area contributed by atoms with Gasteiger partial charge in [-0.25, -0.2) is 0 Å². The van der Waals surface area contributed by atoms with E-state index in [2.05, 4.69) is 22.8 Å². The second-order valence-corrected chi connectivity index (χ2v) is 4.04. The normalized spacial score (nSPS) is 42.7. The standard InChI is InChI=1S/C7H12NS/c1-3-8-5-6-2-4-9-7(1)6/h4,6-8H,1-3,5H2. The Balaban J connectivity index is 1.97. The molecule has 0 bridgehead atoms. The Hall–Kier alpha value is 0.310. The highest BCUT2D eigenvalue weighted by atomic mass is 32.2. The van der Waals surface area contributed by atoms with Crippen molar-refractivity contribution in [1.82, 2.24) is 5.32 Å². The van der Waals surface area contributed by atoms with Crippen molar-refractivity contribution in [2.75, 3.05) is 13.1 Å². The van der Waals surface area contributed by atoms with E-state index in [0.29, 0.717) is 0 Å². The van der Waals surface area contributed by atoms with E-state index in [-0.39, 0.29) is 0 Å². The van der Waals surface area contributed by atoms with Crippen LogP contribution in [0.4, 0.5) is 0 Å². The summed E-state index contributed by atoms with van der Waals surface area (Å²) < 4.78 is 0. The van der Waals surface area contributed by atoms with Gasteiger partial charge in [-0.05, 0) is 31.8 Å². The van der Waals surface area contributed by atoms with Crippen molar-refractivity contribution in [2.45, 2.75) is 18.1 Å². The molecular weight excluding hydrogens is 130 g/mol. The molecule has 2 aliphatic rings. The summed E-state index contributed by atoms with van der Waals surface area (Å²) >= 11 is 2.06. The summed E-state index contributed by atoms with van der Waals surface area (Å²) in [5.74, 6) is 3.34. The molecule has 51 valence electrons. The van der Waals surface area contributed by atoms with Gasteiger partial charge in [-0.1, -0.05) is 0 Å². The molecule has 9 heavy (non-hydrogen) atoms. The molecule has 0 aromatic heterocycles. The van der Waals surface area contributed by atoms with E-state index in [0.717, 1.165) is 11.2 Å². The second kappa shape index (κ2) is 2.51. The van der Waals surface area contributed by atoms with E-state index in [1.165, 1.54) is 25.9 Å². The zero-order chi connectivity index (χ0) is 6.10. The average Bonchev–Trinajstić information content (AvgIpc) is 2.33. The van der Waals surface area contributed by atoms with Crippen molar-refractivity contribution < 1.29 is 0 Å². The molecule has 1 N–H and O–H groups in total. The highest BCUT2D eigenvalue weighted by molar-refractivity contribution is 8.02. The average molecular weight is 142 g/mol. The van der Waals surface area contributed by atoms with Crippen LogP contribution in [0, 0.1) is 11.7 Å². The summed E-state index contributed by atoms with van der Waals surface area (Å²) in [4.78, 5) is 0. The van der Waals surface area contributed by atoms with Gasteiger partial charge in [-0.2, -0.15) is 11.8 Å². The molecule has 0 aliphatic carbocycles. The highest BCUT2D eigenvalue weighted by Crippen LogP contribution is 2.38. The van der Waals surface area contributed by atoms with E-state index in [1.54, 1.807) is 0 Å². The lowest BCUT2D eigenvalue weighted by Crippen LogP contribution is -2.35. The van der Waals surface area contributed by atoms with E-state index in [4.69, 9.17) is 0 Å². The Kier molecular flexibility index (Phi) is 1.68. The molecule has 2 aliphatic heterocycles. The fourth-order valence-corrected chi connectivity index (χ4v) is 2.90. The maximum absolute atomic E-state index is 3.42. The molecule has 2 heterocycles. The molecule has 2 unspecified atom stereocenters. The van der Waals surface area contributed by atoms with Crippen LogP contribution < -0.4 is 5.32 Å². The van der Waals surface area contributed by atoms with Crippen LogP contribution in [0.1, 0.15) is 12.8 Å². The number of thioether (sulfide) groups is 1. The maximum Gasteiger partial charge on any atom is 0.0173 e. The minimum Gasteiger partial charge on any atom is -0.316 e. The van der Waals surface area contributed by atoms with Crippen molar-refractivity contribution in [3.05, 3.63) is 5.75 Å². The lowest BCUT2D eigenvalue weighted by Gasteiger charge is -2.24. The molecule has 0 aromatic rings. The van der Waals surface area contributed by atoms with Crippen molar-refractivity contribution in [3.63, 3.8) is 0 Å². The van der Waals surface area contributed by atoms with Gasteiger partial charge in [0.1, 0.15) is 0 Å². The van der Waals surface area contributed by atoms with Gasteiger partial charge in [0.2, 0.25) is 0 Å². The predicted octanol–water partition coefficient (Wildman–Crippen LogP) is 1.26. The molecule has 2 rings (SSSR count). The molecule has 1 nitrogen and oxygen atoms in total. The SMILES string of the molecule is [CH]1CC2CNCCC2S1. The first-order valence-electron chi connectivity index (χ1n) is 3.64. The Morgan fingerprint density at radius 3 is 3.44 bits per heavy atom. The summed E-state index contributed by atoms with van der Waals surface area (Å²) in [5, 5.41) is 4.39. The van der Waals surface area contributed by atoms with Gasteiger partial charge in [0.15, 0.2) is 0 Å². The summed E-state index contributed by atoms with van der Waals surface area (Å²) in [6.07, 6.45) is 2.72. The number of fused-ring (bicyclic) bond motifs is 1.